The monoisotopic (exact) mass is 656 g/mol. The van der Waals surface area contributed by atoms with Gasteiger partial charge in [-0.05, 0) is 67.2 Å². The SMILES string of the molecule is O=C(O)c1cnn(-c2cccc(-c3cc(F)cc(Cl)c3OCc3ccc(C4CCN(CC(F)(F)F)CC4)cc3)n2)c1C(F)(F)F. The summed E-state index contributed by atoms with van der Waals surface area (Å²) >= 11 is 6.31. The van der Waals surface area contributed by atoms with Crippen molar-refractivity contribution in [1.82, 2.24) is 19.7 Å². The number of aromatic nitrogens is 3. The minimum Gasteiger partial charge on any atom is -0.487 e. The Balaban J connectivity index is 1.35. The average molecular weight is 657 g/mol. The molecule has 0 unspecified atom stereocenters. The van der Waals surface area contributed by atoms with Crippen LogP contribution in [0, 0.1) is 5.82 Å². The molecule has 2 aromatic carbocycles. The van der Waals surface area contributed by atoms with E-state index >= 15 is 0 Å². The predicted molar refractivity (Wildman–Crippen MR) is 149 cm³/mol. The molecule has 0 bridgehead atoms. The first kappa shape index (κ1) is 32.2. The van der Waals surface area contributed by atoms with E-state index in [0.717, 1.165) is 17.7 Å². The van der Waals surface area contributed by atoms with Crippen molar-refractivity contribution in [3.63, 3.8) is 0 Å². The van der Waals surface area contributed by atoms with Gasteiger partial charge in [-0.2, -0.15) is 31.4 Å². The molecule has 45 heavy (non-hydrogen) atoms. The fourth-order valence-corrected chi connectivity index (χ4v) is 5.52. The molecule has 0 spiro atoms. The van der Waals surface area contributed by atoms with Crippen molar-refractivity contribution < 1.29 is 45.4 Å². The Labute approximate surface area is 256 Å². The number of piperidine rings is 1. The molecule has 5 rings (SSSR count). The van der Waals surface area contributed by atoms with Crippen molar-refractivity contribution in [1.29, 1.82) is 0 Å². The van der Waals surface area contributed by atoms with Gasteiger partial charge in [0.15, 0.2) is 11.5 Å². The lowest BCUT2D eigenvalue weighted by Crippen LogP contribution is -2.39. The molecule has 1 aliphatic heterocycles. The second-order valence-electron chi connectivity index (χ2n) is 10.5. The summed E-state index contributed by atoms with van der Waals surface area (Å²) in [5.41, 5.74) is -0.905. The van der Waals surface area contributed by atoms with E-state index < -0.39 is 41.9 Å². The van der Waals surface area contributed by atoms with Crippen LogP contribution in [0.4, 0.5) is 30.7 Å². The smallest absolute Gasteiger partial charge is 0.434 e. The molecule has 1 aliphatic rings. The number of halogens is 8. The lowest BCUT2D eigenvalue weighted by atomic mass is 9.89. The third-order valence-corrected chi connectivity index (χ3v) is 7.61. The highest BCUT2D eigenvalue weighted by molar-refractivity contribution is 6.32. The number of rotatable bonds is 8. The van der Waals surface area contributed by atoms with Gasteiger partial charge in [0.25, 0.3) is 0 Å². The lowest BCUT2D eigenvalue weighted by Gasteiger charge is -2.32. The molecule has 0 atom stereocenters. The molecule has 1 fully saturated rings. The Bertz CT molecular complexity index is 1680. The largest absolute Gasteiger partial charge is 0.487 e. The number of aromatic carboxylic acids is 1. The van der Waals surface area contributed by atoms with Crippen molar-refractivity contribution in [2.24, 2.45) is 0 Å². The number of pyridine rings is 1. The van der Waals surface area contributed by atoms with Crippen LogP contribution in [0.15, 0.2) is 60.8 Å². The van der Waals surface area contributed by atoms with E-state index in [2.05, 4.69) is 10.1 Å². The van der Waals surface area contributed by atoms with Crippen molar-refractivity contribution in [2.45, 2.75) is 37.7 Å². The summed E-state index contributed by atoms with van der Waals surface area (Å²) < 4.78 is 100. The molecule has 15 heteroatoms. The molecule has 238 valence electrons. The molecule has 4 aromatic rings. The van der Waals surface area contributed by atoms with Crippen LogP contribution in [-0.2, 0) is 12.8 Å². The zero-order valence-corrected chi connectivity index (χ0v) is 23.9. The number of benzene rings is 2. The van der Waals surface area contributed by atoms with E-state index in [1.807, 2.05) is 12.1 Å². The van der Waals surface area contributed by atoms with Crippen LogP contribution >= 0.6 is 11.6 Å². The van der Waals surface area contributed by atoms with Gasteiger partial charge < -0.3 is 9.84 Å². The number of likely N-dealkylation sites (tertiary alicyclic amines) is 1. The van der Waals surface area contributed by atoms with Crippen LogP contribution in [-0.4, -0.2) is 56.6 Å². The number of ether oxygens (including phenoxy) is 1. The molecular formula is C30H24ClF7N4O3. The van der Waals surface area contributed by atoms with Crippen LogP contribution in [0.25, 0.3) is 17.1 Å². The van der Waals surface area contributed by atoms with E-state index in [-0.39, 0.29) is 40.4 Å². The summed E-state index contributed by atoms with van der Waals surface area (Å²) in [7, 11) is 0. The minimum absolute atomic E-state index is 0.00608. The van der Waals surface area contributed by atoms with Crippen LogP contribution in [0.1, 0.15) is 45.9 Å². The van der Waals surface area contributed by atoms with Crippen molar-refractivity contribution in [3.8, 4) is 22.8 Å². The minimum atomic E-state index is -5.07. The van der Waals surface area contributed by atoms with Crippen LogP contribution in [0.5, 0.6) is 5.75 Å². The first-order chi connectivity index (χ1) is 21.2. The van der Waals surface area contributed by atoms with E-state index in [1.165, 1.54) is 23.1 Å². The number of hydrogen-bond donors (Lipinski definition) is 1. The Morgan fingerprint density at radius 3 is 2.33 bits per heavy atom. The summed E-state index contributed by atoms with van der Waals surface area (Å²) in [4.78, 5) is 17.0. The average Bonchev–Trinajstić information content (AvgIpc) is 3.43. The van der Waals surface area contributed by atoms with Gasteiger partial charge in [-0.15, -0.1) is 0 Å². The summed E-state index contributed by atoms with van der Waals surface area (Å²) in [5.74, 6) is -2.84. The highest BCUT2D eigenvalue weighted by Crippen LogP contribution is 2.39. The summed E-state index contributed by atoms with van der Waals surface area (Å²) in [6, 6.07) is 13.3. The van der Waals surface area contributed by atoms with Gasteiger partial charge in [0.2, 0.25) is 0 Å². The van der Waals surface area contributed by atoms with Gasteiger partial charge >= 0.3 is 18.3 Å². The molecule has 0 aliphatic carbocycles. The molecule has 2 aromatic heterocycles. The third kappa shape index (κ3) is 7.56. The predicted octanol–water partition coefficient (Wildman–Crippen LogP) is 7.76. The number of hydrogen-bond acceptors (Lipinski definition) is 5. The third-order valence-electron chi connectivity index (χ3n) is 7.33. The fourth-order valence-electron chi connectivity index (χ4n) is 5.26. The van der Waals surface area contributed by atoms with Crippen molar-refractivity contribution in [2.75, 3.05) is 19.6 Å². The molecule has 0 saturated carbocycles. The normalized spacial score (nSPS) is 14.9. The number of alkyl halides is 6. The highest BCUT2D eigenvalue weighted by atomic mass is 35.5. The van der Waals surface area contributed by atoms with Crippen molar-refractivity contribution >= 4 is 17.6 Å². The molecule has 7 nitrogen and oxygen atoms in total. The van der Waals surface area contributed by atoms with E-state index in [1.54, 1.807) is 12.1 Å². The molecule has 3 heterocycles. The molecule has 0 amide bonds. The Kier molecular flexibility index (Phi) is 9.08. The van der Waals surface area contributed by atoms with Crippen LogP contribution < -0.4 is 4.74 Å². The topological polar surface area (TPSA) is 80.5 Å². The highest BCUT2D eigenvalue weighted by Gasteiger charge is 2.41. The first-order valence-corrected chi connectivity index (χ1v) is 13.9. The van der Waals surface area contributed by atoms with Gasteiger partial charge in [0.1, 0.15) is 23.7 Å². The van der Waals surface area contributed by atoms with Crippen LogP contribution in [0.2, 0.25) is 5.02 Å². The maximum Gasteiger partial charge on any atom is 0.434 e. The molecule has 1 saturated heterocycles. The van der Waals surface area contributed by atoms with E-state index in [0.29, 0.717) is 42.4 Å². The Hall–Kier alpha value is -4.17. The summed E-state index contributed by atoms with van der Waals surface area (Å²) in [6.45, 7) is -0.265. The molecular weight excluding hydrogens is 633 g/mol. The zero-order valence-electron chi connectivity index (χ0n) is 23.2. The number of carbonyl (C=O) groups is 1. The summed E-state index contributed by atoms with van der Waals surface area (Å²) in [6.07, 6.45) is -7.56. The van der Waals surface area contributed by atoms with Gasteiger partial charge in [-0.1, -0.05) is 41.9 Å². The maximum atomic E-state index is 14.5. The maximum absolute atomic E-state index is 14.5. The zero-order chi connectivity index (χ0) is 32.5. The van der Waals surface area contributed by atoms with Crippen molar-refractivity contribution in [3.05, 3.63) is 94.0 Å². The van der Waals surface area contributed by atoms with Gasteiger partial charge in [0, 0.05) is 5.56 Å². The first-order valence-electron chi connectivity index (χ1n) is 13.6. The quantitative estimate of drug-likeness (QED) is 0.195. The number of carboxylic acid groups (broad SMARTS) is 1. The Morgan fingerprint density at radius 2 is 1.71 bits per heavy atom. The lowest BCUT2D eigenvalue weighted by molar-refractivity contribution is -0.148. The molecule has 0 radical (unpaired) electrons. The second-order valence-corrected chi connectivity index (χ2v) is 10.9. The van der Waals surface area contributed by atoms with Gasteiger partial charge in [-0.3, -0.25) is 4.90 Å². The van der Waals surface area contributed by atoms with E-state index in [9.17, 15) is 40.6 Å². The van der Waals surface area contributed by atoms with Gasteiger partial charge in [-0.25, -0.2) is 18.9 Å². The summed E-state index contributed by atoms with van der Waals surface area (Å²) in [5, 5.41) is 12.7. The number of carboxylic acids is 1. The standard InChI is InChI=1S/C30H24ClF7N4O3/c31-23-13-20(32)12-21(24-2-1-3-25(40-24)42-27(30(36,37)38)22(14-39-42)28(43)44)26(23)45-15-17-4-6-18(7-5-17)19-8-10-41(11-9-19)16-29(33,34)35/h1-7,12-14,19H,8-11,15-16H2,(H,43,44). The fraction of sp³-hybridized carbons (Fsp3) is 0.300. The molecule has 1 N–H and O–H groups in total. The Morgan fingerprint density at radius 1 is 1.02 bits per heavy atom. The van der Waals surface area contributed by atoms with Crippen LogP contribution in [0.3, 0.4) is 0 Å². The second kappa shape index (κ2) is 12.7. The number of nitrogens with zero attached hydrogens (tertiary/aromatic N) is 4. The van der Waals surface area contributed by atoms with Gasteiger partial charge in [0.05, 0.1) is 23.5 Å². The van der Waals surface area contributed by atoms with E-state index in [4.69, 9.17) is 16.3 Å².